The van der Waals surface area contributed by atoms with Gasteiger partial charge in [-0.2, -0.15) is 0 Å². The topological polar surface area (TPSA) is 51.8 Å². The van der Waals surface area contributed by atoms with Gasteiger partial charge in [0.05, 0.1) is 15.1 Å². The maximum absolute atomic E-state index is 9.56. The van der Waals surface area contributed by atoms with Gasteiger partial charge in [0.25, 0.3) is 0 Å². The molecular weight excluding hydrogens is 586 g/mol. The molecule has 9 aromatic rings. The van der Waals surface area contributed by atoms with Crippen molar-refractivity contribution in [1.82, 2.24) is 15.0 Å². The minimum Gasteiger partial charge on any atom is -0.456 e. The molecule has 0 spiro atoms. The number of fused-ring (bicyclic) bond motifs is 5. The molecule has 0 aliphatic carbocycles. The molecule has 0 N–H and O–H groups in total. The summed E-state index contributed by atoms with van der Waals surface area (Å²) in [5.74, 6) is -0.654. The quantitative estimate of drug-likeness (QED) is 0.196. The Hall–Kier alpha value is -5.84. The number of nitrogens with zero attached hydrogens (tertiary/aromatic N) is 3. The number of halogens is 1. The zero-order chi connectivity index (χ0) is 40.2. The number of aromatic nitrogens is 3. The second-order valence-corrected chi connectivity index (χ2v) is 11.0. The van der Waals surface area contributed by atoms with Crippen LogP contribution in [0.1, 0.15) is 15.1 Å². The maximum atomic E-state index is 9.56. The second-order valence-electron chi connectivity index (χ2n) is 10.5. The van der Waals surface area contributed by atoms with Crippen LogP contribution in [0.5, 0.6) is 0 Å². The van der Waals surface area contributed by atoms with Crippen molar-refractivity contribution >= 4 is 55.1 Å². The first kappa shape index (κ1) is 17.6. The van der Waals surface area contributed by atoms with E-state index < -0.39 is 66.5 Å². The van der Waals surface area contributed by atoms with E-state index in [9.17, 15) is 5.48 Å². The van der Waals surface area contributed by atoms with Gasteiger partial charge in [0.15, 0.2) is 17.5 Å². The summed E-state index contributed by atoms with van der Waals surface area (Å²) < 4.78 is 103. The predicted octanol–water partition coefficient (Wildman–Crippen LogP) is 11.4. The lowest BCUT2D eigenvalue weighted by Crippen LogP contribution is -2.00. The van der Waals surface area contributed by atoms with E-state index in [4.69, 9.17) is 30.6 Å². The van der Waals surface area contributed by atoms with E-state index in [0.717, 1.165) is 10.8 Å². The number of hydrogen-bond donors (Lipinski definition) is 0. The number of benzene rings is 7. The summed E-state index contributed by atoms with van der Waals surface area (Å²) in [6.07, 6.45) is 0. The molecule has 0 bridgehead atoms. The standard InChI is InChI=1S/C41H24ClN3O/c42-29-19-20-35-37(24-29)46-36-16-8-15-33(38(35)36)32-21-22-34(31-14-7-6-13-30(31)32)41-44-39(26-10-2-1-3-11-26)43-40(45-41)28-18-17-25-9-4-5-12-27(25)23-28/h1-24H/i1D,2D,3D,6D,7D,10D,11D,13D,14D,21D,22D. The molecule has 0 atom stereocenters. The van der Waals surface area contributed by atoms with E-state index in [1.54, 1.807) is 48.5 Å². The van der Waals surface area contributed by atoms with Gasteiger partial charge in [-0.3, -0.25) is 0 Å². The number of rotatable bonds is 4. The molecular formula is C41H24ClN3O. The summed E-state index contributed by atoms with van der Waals surface area (Å²) in [6, 6.07) is 17.0. The molecule has 9 rings (SSSR count). The highest BCUT2D eigenvalue weighted by atomic mass is 35.5. The minimum absolute atomic E-state index is 0.00940. The average molecular weight is 621 g/mol. The van der Waals surface area contributed by atoms with Crippen LogP contribution < -0.4 is 0 Å². The van der Waals surface area contributed by atoms with E-state index in [0.29, 0.717) is 38.1 Å². The molecule has 0 fully saturated rings. The third kappa shape index (κ3) is 4.42. The molecule has 4 nitrogen and oxygen atoms in total. The Labute approximate surface area is 285 Å². The Balaban J connectivity index is 1.43. The fourth-order valence-corrected chi connectivity index (χ4v) is 5.90. The highest BCUT2D eigenvalue weighted by Gasteiger charge is 2.18. The first-order valence-corrected chi connectivity index (χ1v) is 14.6. The first-order chi connectivity index (χ1) is 27.3. The van der Waals surface area contributed by atoms with E-state index in [-0.39, 0.29) is 44.9 Å². The van der Waals surface area contributed by atoms with Crippen LogP contribution >= 0.6 is 11.6 Å². The SMILES string of the molecule is [2H]c1c([2H])c([2H])c(-c2nc(-c3ccc4ccccc4c3)nc(-c3c([2H])c([2H])c(-c4cccc5oc6cc(Cl)ccc6c45)c4c([2H])c([2H])c([2H])c([2H])c34)n2)c([2H])c1[2H]. The normalized spacial score (nSPS) is 14.9. The Morgan fingerprint density at radius 2 is 1.22 bits per heavy atom. The van der Waals surface area contributed by atoms with Crippen molar-refractivity contribution in [3.63, 3.8) is 0 Å². The van der Waals surface area contributed by atoms with Gasteiger partial charge >= 0.3 is 0 Å². The molecule has 0 unspecified atom stereocenters. The van der Waals surface area contributed by atoms with Gasteiger partial charge in [-0.25, -0.2) is 15.0 Å². The van der Waals surface area contributed by atoms with Crippen molar-refractivity contribution in [1.29, 1.82) is 0 Å². The van der Waals surface area contributed by atoms with E-state index in [2.05, 4.69) is 9.97 Å². The smallest absolute Gasteiger partial charge is 0.164 e. The average Bonchev–Trinajstić information content (AvgIpc) is 3.59. The largest absolute Gasteiger partial charge is 0.456 e. The van der Waals surface area contributed by atoms with E-state index >= 15 is 0 Å². The van der Waals surface area contributed by atoms with Gasteiger partial charge in [0, 0.05) is 38.6 Å². The van der Waals surface area contributed by atoms with Crippen molar-refractivity contribution < 1.29 is 19.5 Å². The van der Waals surface area contributed by atoms with Crippen LogP contribution in [-0.4, -0.2) is 15.0 Å². The van der Waals surface area contributed by atoms with Gasteiger partial charge in [-0.15, -0.1) is 0 Å². The van der Waals surface area contributed by atoms with E-state index in [1.165, 1.54) is 0 Å². The van der Waals surface area contributed by atoms with Crippen LogP contribution in [0, 0.1) is 0 Å². The summed E-state index contributed by atoms with van der Waals surface area (Å²) in [5, 5.41) is 3.11. The second kappa shape index (κ2) is 10.7. The summed E-state index contributed by atoms with van der Waals surface area (Å²) in [6.45, 7) is 0. The van der Waals surface area contributed by atoms with Crippen LogP contribution in [0.25, 0.3) is 88.8 Å². The number of furan rings is 1. The monoisotopic (exact) mass is 620 g/mol. The van der Waals surface area contributed by atoms with Crippen molar-refractivity contribution in [3.8, 4) is 45.3 Å². The van der Waals surface area contributed by atoms with Crippen molar-refractivity contribution in [2.24, 2.45) is 0 Å². The van der Waals surface area contributed by atoms with E-state index in [1.807, 2.05) is 30.3 Å². The third-order valence-electron chi connectivity index (χ3n) is 7.82. The molecule has 2 aromatic heterocycles. The van der Waals surface area contributed by atoms with Gasteiger partial charge in [-0.1, -0.05) is 121 Å². The Morgan fingerprint density at radius 3 is 2.07 bits per heavy atom. The maximum Gasteiger partial charge on any atom is 0.164 e. The molecule has 0 radical (unpaired) electrons. The summed E-state index contributed by atoms with van der Waals surface area (Å²) in [4.78, 5) is 13.9. The van der Waals surface area contributed by atoms with Gasteiger partial charge < -0.3 is 4.42 Å². The summed E-state index contributed by atoms with van der Waals surface area (Å²) in [5.41, 5.74) is 1.17. The molecule has 0 aliphatic rings. The molecule has 5 heteroatoms. The Bertz CT molecular complexity index is 3210. The lowest BCUT2D eigenvalue weighted by molar-refractivity contribution is 0.669. The fourth-order valence-electron chi connectivity index (χ4n) is 5.73. The summed E-state index contributed by atoms with van der Waals surface area (Å²) in [7, 11) is 0. The Morgan fingerprint density at radius 1 is 0.500 bits per heavy atom. The molecule has 7 aromatic carbocycles. The molecule has 216 valence electrons. The zero-order valence-corrected chi connectivity index (χ0v) is 24.4. The van der Waals surface area contributed by atoms with Crippen LogP contribution in [0.15, 0.2) is 150 Å². The lowest BCUT2D eigenvalue weighted by atomic mass is 9.92. The molecule has 2 heterocycles. The van der Waals surface area contributed by atoms with Crippen molar-refractivity contribution in [2.75, 3.05) is 0 Å². The van der Waals surface area contributed by atoms with Gasteiger partial charge in [0.2, 0.25) is 0 Å². The van der Waals surface area contributed by atoms with Crippen LogP contribution in [0.4, 0.5) is 0 Å². The molecule has 0 saturated carbocycles. The third-order valence-corrected chi connectivity index (χ3v) is 8.05. The summed E-state index contributed by atoms with van der Waals surface area (Å²) >= 11 is 6.28. The molecule has 0 aliphatic heterocycles. The lowest BCUT2D eigenvalue weighted by Gasteiger charge is -2.14. The molecule has 46 heavy (non-hydrogen) atoms. The predicted molar refractivity (Wildman–Crippen MR) is 189 cm³/mol. The molecule has 0 amide bonds. The van der Waals surface area contributed by atoms with Crippen molar-refractivity contribution in [3.05, 3.63) is 150 Å². The Kier molecular flexibility index (Phi) is 4.08. The minimum atomic E-state index is -0.623. The zero-order valence-electron chi connectivity index (χ0n) is 34.6. The van der Waals surface area contributed by atoms with Crippen LogP contribution in [-0.2, 0) is 0 Å². The highest BCUT2D eigenvalue weighted by molar-refractivity contribution is 6.31. The first-order valence-electron chi connectivity index (χ1n) is 19.7. The molecule has 0 saturated heterocycles. The van der Waals surface area contributed by atoms with Gasteiger partial charge in [-0.05, 0) is 63.0 Å². The fraction of sp³-hybridized carbons (Fsp3) is 0. The van der Waals surface area contributed by atoms with Crippen LogP contribution in [0.3, 0.4) is 0 Å². The highest BCUT2D eigenvalue weighted by Crippen LogP contribution is 2.42. The van der Waals surface area contributed by atoms with Crippen LogP contribution in [0.2, 0.25) is 5.02 Å². The van der Waals surface area contributed by atoms with Gasteiger partial charge in [0.1, 0.15) is 11.2 Å². The number of hydrogen-bond acceptors (Lipinski definition) is 4. The van der Waals surface area contributed by atoms with Crippen molar-refractivity contribution in [2.45, 2.75) is 0 Å².